The van der Waals surface area contributed by atoms with Crippen molar-refractivity contribution in [3.8, 4) is 5.75 Å². The van der Waals surface area contributed by atoms with Crippen LogP contribution in [0.3, 0.4) is 0 Å². The predicted molar refractivity (Wildman–Crippen MR) is 137 cm³/mol. The Morgan fingerprint density at radius 2 is 1.86 bits per heavy atom. The Balaban J connectivity index is 1.53. The van der Waals surface area contributed by atoms with Crippen LogP contribution in [0.5, 0.6) is 5.75 Å². The highest BCUT2D eigenvalue weighted by Crippen LogP contribution is 2.27. The van der Waals surface area contributed by atoms with Gasteiger partial charge in [0.2, 0.25) is 0 Å². The molecule has 0 radical (unpaired) electrons. The number of carbonyl (C=O) groups is 1. The van der Waals surface area contributed by atoms with Gasteiger partial charge in [-0.15, -0.1) is 0 Å². The first-order chi connectivity index (χ1) is 16.6. The molecule has 0 saturated heterocycles. The van der Waals surface area contributed by atoms with Crippen molar-refractivity contribution in [1.82, 2.24) is 14.9 Å². The highest BCUT2D eigenvalue weighted by atomic mass is 35.5. The molecule has 0 spiro atoms. The number of anilines is 1. The van der Waals surface area contributed by atoms with E-state index in [0.29, 0.717) is 39.3 Å². The molecule has 1 N–H and O–H groups in total. The first kappa shape index (κ1) is 24.8. The Bertz CT molecular complexity index is 1410. The number of carbonyl (C=O) groups excluding carboxylic acids is 1. The van der Waals surface area contributed by atoms with Crippen LogP contribution in [-0.2, 0) is 13.2 Å². The van der Waals surface area contributed by atoms with Crippen molar-refractivity contribution < 1.29 is 14.1 Å². The molecular formula is C26H26Cl2N4O3. The molecule has 2 aromatic carbocycles. The third-order valence-electron chi connectivity index (χ3n) is 5.87. The maximum atomic E-state index is 13.2. The van der Waals surface area contributed by atoms with E-state index in [4.69, 9.17) is 32.5 Å². The molecule has 0 aliphatic rings. The molecule has 0 bridgehead atoms. The van der Waals surface area contributed by atoms with Crippen LogP contribution in [0, 0.1) is 34.6 Å². The Hall–Kier alpha value is -3.29. The van der Waals surface area contributed by atoms with E-state index in [1.165, 1.54) is 0 Å². The van der Waals surface area contributed by atoms with Gasteiger partial charge in [0.25, 0.3) is 5.91 Å². The molecule has 0 aliphatic carbocycles. The number of aryl methyl sites for hydroxylation is 4. The van der Waals surface area contributed by atoms with Crippen LogP contribution in [0.15, 0.2) is 40.9 Å². The van der Waals surface area contributed by atoms with Gasteiger partial charge in [-0.05, 0) is 69.5 Å². The highest BCUT2D eigenvalue weighted by molar-refractivity contribution is 6.35. The third kappa shape index (κ3) is 5.36. The normalized spacial score (nSPS) is 11.1. The van der Waals surface area contributed by atoms with Crippen molar-refractivity contribution in [2.45, 2.75) is 47.8 Å². The fraction of sp³-hybridized carbons (Fsp3) is 0.269. The fourth-order valence-electron chi connectivity index (χ4n) is 3.77. The molecule has 2 heterocycles. The summed E-state index contributed by atoms with van der Waals surface area (Å²) in [7, 11) is 0. The van der Waals surface area contributed by atoms with Gasteiger partial charge in [-0.25, -0.2) is 0 Å². The first-order valence-electron chi connectivity index (χ1n) is 11.1. The van der Waals surface area contributed by atoms with Crippen LogP contribution in [-0.4, -0.2) is 20.8 Å². The lowest BCUT2D eigenvalue weighted by atomic mass is 10.1. The van der Waals surface area contributed by atoms with E-state index in [1.54, 1.807) is 23.7 Å². The zero-order valence-corrected chi connectivity index (χ0v) is 21.7. The smallest absolute Gasteiger partial charge is 0.278 e. The van der Waals surface area contributed by atoms with E-state index in [0.717, 1.165) is 28.1 Å². The second kappa shape index (κ2) is 10.1. The number of amides is 1. The maximum absolute atomic E-state index is 13.2. The van der Waals surface area contributed by atoms with Gasteiger partial charge >= 0.3 is 0 Å². The zero-order chi connectivity index (χ0) is 25.3. The summed E-state index contributed by atoms with van der Waals surface area (Å²) >= 11 is 12.3. The number of aromatic nitrogens is 3. The van der Waals surface area contributed by atoms with Gasteiger partial charge in [-0.2, -0.15) is 5.10 Å². The van der Waals surface area contributed by atoms with Crippen LogP contribution in [0.25, 0.3) is 0 Å². The van der Waals surface area contributed by atoms with E-state index in [1.807, 2.05) is 52.0 Å². The quantitative estimate of drug-likeness (QED) is 0.301. The third-order valence-corrected chi connectivity index (χ3v) is 6.46. The number of benzene rings is 2. The molecule has 0 atom stereocenters. The number of nitrogens with zero attached hydrogens (tertiary/aromatic N) is 3. The molecule has 0 aliphatic heterocycles. The molecule has 2 aromatic heterocycles. The number of rotatable bonds is 7. The number of ether oxygens (including phenoxy) is 1. The van der Waals surface area contributed by atoms with Crippen LogP contribution in [0.4, 0.5) is 5.69 Å². The molecule has 4 rings (SSSR count). The molecule has 0 fully saturated rings. The summed E-state index contributed by atoms with van der Waals surface area (Å²) < 4.78 is 13.1. The molecule has 1 amide bonds. The van der Waals surface area contributed by atoms with E-state index in [-0.39, 0.29) is 12.3 Å². The first-order valence-corrected chi connectivity index (χ1v) is 11.8. The predicted octanol–water partition coefficient (Wildman–Crippen LogP) is 6.60. The van der Waals surface area contributed by atoms with E-state index in [2.05, 4.69) is 15.6 Å². The van der Waals surface area contributed by atoms with Crippen molar-refractivity contribution in [1.29, 1.82) is 0 Å². The van der Waals surface area contributed by atoms with Gasteiger partial charge in [-0.1, -0.05) is 46.6 Å². The number of nitrogens with one attached hydrogen (secondary N) is 1. The lowest BCUT2D eigenvalue weighted by molar-refractivity contribution is 0.101. The second-order valence-electron chi connectivity index (χ2n) is 8.52. The molecule has 35 heavy (non-hydrogen) atoms. The summed E-state index contributed by atoms with van der Waals surface area (Å²) in [6, 6.07) is 11.3. The van der Waals surface area contributed by atoms with Gasteiger partial charge < -0.3 is 14.6 Å². The highest BCUT2D eigenvalue weighted by Gasteiger charge is 2.23. The molecule has 182 valence electrons. The Morgan fingerprint density at radius 1 is 1.09 bits per heavy atom. The molecule has 0 saturated carbocycles. The largest absolute Gasteiger partial charge is 0.488 e. The average Bonchev–Trinajstić information content (AvgIpc) is 3.30. The van der Waals surface area contributed by atoms with Crippen LogP contribution >= 0.6 is 23.2 Å². The fourth-order valence-corrected chi connectivity index (χ4v) is 4.24. The van der Waals surface area contributed by atoms with Gasteiger partial charge in [0.15, 0.2) is 5.69 Å². The number of hydrogen-bond acceptors (Lipinski definition) is 5. The summed E-state index contributed by atoms with van der Waals surface area (Å²) in [5, 5.41) is 12.6. The number of hydrogen-bond donors (Lipinski definition) is 1. The van der Waals surface area contributed by atoms with Gasteiger partial charge in [0, 0.05) is 10.0 Å². The Kier molecular flexibility index (Phi) is 7.19. The lowest BCUT2D eigenvalue weighted by Crippen LogP contribution is -2.16. The van der Waals surface area contributed by atoms with Crippen molar-refractivity contribution >= 4 is 34.8 Å². The SMILES string of the molecule is Cc1ccc(C)c(OCc2c(C(=O)Nc3c(C)nn(Cc4ccc(Cl)cc4Cl)c3C)noc2C)c1. The summed E-state index contributed by atoms with van der Waals surface area (Å²) in [5.74, 6) is 0.893. The van der Waals surface area contributed by atoms with Crippen LogP contribution < -0.4 is 10.1 Å². The summed E-state index contributed by atoms with van der Waals surface area (Å²) in [4.78, 5) is 13.2. The summed E-state index contributed by atoms with van der Waals surface area (Å²) in [6.45, 7) is 10.1. The second-order valence-corrected chi connectivity index (χ2v) is 9.36. The molecule has 7 nitrogen and oxygen atoms in total. The summed E-state index contributed by atoms with van der Waals surface area (Å²) in [5.41, 5.74) is 5.83. The minimum absolute atomic E-state index is 0.161. The maximum Gasteiger partial charge on any atom is 0.278 e. The van der Waals surface area contributed by atoms with Crippen molar-refractivity contribution in [2.75, 3.05) is 5.32 Å². The zero-order valence-electron chi connectivity index (χ0n) is 20.2. The Morgan fingerprint density at radius 3 is 2.60 bits per heavy atom. The molecular weight excluding hydrogens is 487 g/mol. The van der Waals surface area contributed by atoms with Crippen molar-refractivity contribution in [2.24, 2.45) is 0 Å². The topological polar surface area (TPSA) is 82.2 Å². The van der Waals surface area contributed by atoms with E-state index < -0.39 is 5.91 Å². The van der Waals surface area contributed by atoms with Gasteiger partial charge in [0.05, 0.1) is 29.2 Å². The minimum Gasteiger partial charge on any atom is -0.488 e. The van der Waals surface area contributed by atoms with E-state index >= 15 is 0 Å². The van der Waals surface area contributed by atoms with Crippen LogP contribution in [0.1, 0.15) is 49.9 Å². The van der Waals surface area contributed by atoms with E-state index in [9.17, 15) is 4.79 Å². The lowest BCUT2D eigenvalue weighted by Gasteiger charge is -2.11. The van der Waals surface area contributed by atoms with Crippen molar-refractivity contribution in [3.63, 3.8) is 0 Å². The molecule has 9 heteroatoms. The van der Waals surface area contributed by atoms with Gasteiger partial charge in [-0.3, -0.25) is 9.48 Å². The number of halogens is 2. The summed E-state index contributed by atoms with van der Waals surface area (Å²) in [6.07, 6.45) is 0. The molecule has 4 aromatic rings. The minimum atomic E-state index is -0.392. The van der Waals surface area contributed by atoms with Crippen LogP contribution in [0.2, 0.25) is 10.0 Å². The Labute approximate surface area is 214 Å². The van der Waals surface area contributed by atoms with Crippen molar-refractivity contribution in [3.05, 3.63) is 91.5 Å². The monoisotopic (exact) mass is 512 g/mol. The van der Waals surface area contributed by atoms with Gasteiger partial charge in [0.1, 0.15) is 18.1 Å². The average molecular weight is 513 g/mol. The molecule has 0 unspecified atom stereocenters. The standard InChI is InChI=1S/C26H26Cl2N4O3/c1-14-6-7-15(2)23(10-14)34-13-21-18(5)35-31-25(21)26(33)29-24-16(3)30-32(17(24)4)12-19-8-9-20(27)11-22(19)28/h6-11H,12-13H2,1-5H3,(H,29,33).